The van der Waals surface area contributed by atoms with Crippen LogP contribution in [-0.4, -0.2) is 34.0 Å². The quantitative estimate of drug-likeness (QED) is 0.0344. The normalized spacial score (nSPS) is 15.5. The molecule has 0 radical (unpaired) electrons. The number of aromatic nitrogens is 1. The molecule has 0 bridgehead atoms. The van der Waals surface area contributed by atoms with Gasteiger partial charge in [-0.15, -0.1) is 11.3 Å². The van der Waals surface area contributed by atoms with Crippen LogP contribution in [0, 0.1) is 28.1 Å². The number of rotatable bonds is 12. The molecule has 0 unspecified atom stereocenters. The Hall–Kier alpha value is -3.68. The molecular weight excluding hydrogens is 688 g/mol. The van der Waals surface area contributed by atoms with E-state index in [1.165, 1.54) is 34.9 Å². The molecular formula is C34H33N4O6PS3. The molecule has 0 saturated heterocycles. The van der Waals surface area contributed by atoms with E-state index in [9.17, 15) is 9.36 Å². The summed E-state index contributed by atoms with van der Waals surface area (Å²) in [6.07, 6.45) is -0.0614. The minimum absolute atomic E-state index is 0.0307. The minimum atomic E-state index is -4.29. The number of phosphoric ester groups is 1. The summed E-state index contributed by atoms with van der Waals surface area (Å²) in [6.45, 7) is 8.98. The monoisotopic (exact) mass is 720 g/mol. The minimum Gasteiger partial charge on any atom is -0.426 e. The molecule has 4 aromatic rings. The van der Waals surface area contributed by atoms with Crippen molar-refractivity contribution in [3.8, 4) is 17.9 Å². The van der Waals surface area contributed by atoms with Crippen LogP contribution in [0.15, 0.2) is 81.3 Å². The van der Waals surface area contributed by atoms with E-state index in [-0.39, 0.29) is 37.1 Å². The molecule has 0 saturated carbocycles. The number of hydrogen-bond acceptors (Lipinski definition) is 13. The van der Waals surface area contributed by atoms with Crippen LogP contribution in [0.4, 0.5) is 0 Å². The van der Waals surface area contributed by atoms with Crippen LogP contribution in [-0.2, 0) is 22.9 Å². The summed E-state index contributed by atoms with van der Waals surface area (Å²) >= 11 is 4.12. The van der Waals surface area contributed by atoms with Crippen LogP contribution in [0.3, 0.4) is 0 Å². The molecule has 0 spiro atoms. The molecule has 0 amide bonds. The second-order valence-electron chi connectivity index (χ2n) is 12.1. The van der Waals surface area contributed by atoms with E-state index < -0.39 is 18.0 Å². The number of nitriles is 2. The van der Waals surface area contributed by atoms with Crippen molar-refractivity contribution in [3.05, 3.63) is 76.5 Å². The van der Waals surface area contributed by atoms with Gasteiger partial charge in [-0.05, 0) is 69.7 Å². The number of benzene rings is 3. The molecule has 48 heavy (non-hydrogen) atoms. The number of ether oxygens (including phenoxy) is 1. The lowest BCUT2D eigenvalue weighted by Crippen LogP contribution is -2.25. The van der Waals surface area contributed by atoms with Crippen molar-refractivity contribution in [1.82, 2.24) is 4.98 Å². The predicted octanol–water partition coefficient (Wildman–Crippen LogP) is 9.62. The zero-order valence-electron chi connectivity index (χ0n) is 27.0. The van der Waals surface area contributed by atoms with Gasteiger partial charge in [0.1, 0.15) is 21.5 Å². The van der Waals surface area contributed by atoms with Crippen molar-refractivity contribution in [2.45, 2.75) is 57.1 Å². The molecule has 1 aliphatic heterocycles. The molecule has 10 nitrogen and oxygen atoms in total. The Morgan fingerprint density at radius 2 is 1.67 bits per heavy atom. The molecule has 248 valence electrons. The molecule has 0 atom stereocenters. The average molecular weight is 721 g/mol. The van der Waals surface area contributed by atoms with Gasteiger partial charge in [0.25, 0.3) is 0 Å². The van der Waals surface area contributed by atoms with Gasteiger partial charge in [-0.25, -0.2) is 14.5 Å². The summed E-state index contributed by atoms with van der Waals surface area (Å²) in [6, 6.07) is 23.1. The maximum Gasteiger partial charge on any atom is 0.530 e. The highest BCUT2D eigenvalue weighted by atomic mass is 32.2. The highest BCUT2D eigenvalue weighted by Crippen LogP contribution is 2.57. The van der Waals surface area contributed by atoms with Crippen LogP contribution in [0.1, 0.15) is 52.5 Å². The molecule has 14 heteroatoms. The van der Waals surface area contributed by atoms with E-state index in [0.29, 0.717) is 21.5 Å². The first-order valence-corrected chi connectivity index (χ1v) is 18.9. The number of thiazole rings is 1. The molecule has 0 aliphatic carbocycles. The molecule has 0 fully saturated rings. The highest BCUT2D eigenvalue weighted by molar-refractivity contribution is 8.16. The van der Waals surface area contributed by atoms with Crippen molar-refractivity contribution >= 4 is 74.7 Å². The summed E-state index contributed by atoms with van der Waals surface area (Å²) in [7, 11) is -4.29. The average Bonchev–Trinajstić information content (AvgIpc) is 3.60. The summed E-state index contributed by atoms with van der Waals surface area (Å²) < 4.78 is 36.9. The van der Waals surface area contributed by atoms with Gasteiger partial charge in [-0.2, -0.15) is 10.5 Å². The van der Waals surface area contributed by atoms with Gasteiger partial charge in [0, 0.05) is 11.0 Å². The Morgan fingerprint density at radius 1 is 0.979 bits per heavy atom. The van der Waals surface area contributed by atoms with Crippen LogP contribution in [0.25, 0.3) is 21.0 Å². The Morgan fingerprint density at radius 3 is 2.33 bits per heavy atom. The number of carbonyl (C=O) groups is 1. The van der Waals surface area contributed by atoms with Gasteiger partial charge in [0.2, 0.25) is 0 Å². The number of esters is 1. The second kappa shape index (κ2) is 14.8. The van der Waals surface area contributed by atoms with Crippen LogP contribution in [0.5, 0.6) is 5.75 Å². The van der Waals surface area contributed by atoms with Crippen LogP contribution >= 0.6 is 42.7 Å². The first-order valence-electron chi connectivity index (χ1n) is 15.0. The Bertz CT molecular complexity index is 2030. The third-order valence-corrected chi connectivity index (χ3v) is 11.6. The summed E-state index contributed by atoms with van der Waals surface area (Å²) in [5, 5.41) is 21.7. The Kier molecular flexibility index (Phi) is 11.0. The van der Waals surface area contributed by atoms with Gasteiger partial charge in [0.05, 0.1) is 58.6 Å². The Labute approximate surface area is 291 Å². The van der Waals surface area contributed by atoms with Gasteiger partial charge in [-0.3, -0.25) is 13.8 Å². The SMILES string of the molecule is CC(C)(C)C(=O)Oc1ccc2nc(C3=N/C(=C(\OP(=O)(OCCC#N)OCCC#N)Sc4ccc5ccccc5c4)C(C)(C)S3)sc2c1. The maximum atomic E-state index is 13.9. The third kappa shape index (κ3) is 8.66. The van der Waals surface area contributed by atoms with Crippen molar-refractivity contribution in [2.24, 2.45) is 10.4 Å². The molecule has 0 N–H and O–H groups in total. The summed E-state index contributed by atoms with van der Waals surface area (Å²) in [4.78, 5) is 23.1. The van der Waals surface area contributed by atoms with E-state index in [0.717, 1.165) is 25.9 Å². The second-order valence-corrected chi connectivity index (χ2v) is 17.4. The van der Waals surface area contributed by atoms with Gasteiger partial charge in [0.15, 0.2) is 5.09 Å². The lowest BCUT2D eigenvalue weighted by Gasteiger charge is -2.24. The van der Waals surface area contributed by atoms with E-state index >= 15 is 0 Å². The van der Waals surface area contributed by atoms with E-state index in [1.54, 1.807) is 39.0 Å². The number of hydrogen-bond donors (Lipinski definition) is 0. The fraction of sp³-hybridized carbons (Fsp3) is 0.324. The first-order chi connectivity index (χ1) is 22.8. The molecule has 2 heterocycles. The third-order valence-electron chi connectivity index (χ3n) is 6.75. The number of carbonyl (C=O) groups excluding carboxylic acids is 1. The van der Waals surface area contributed by atoms with Gasteiger partial charge < -0.3 is 9.26 Å². The number of nitrogens with zero attached hydrogens (tertiary/aromatic N) is 4. The first kappa shape index (κ1) is 35.6. The number of fused-ring (bicyclic) bond motifs is 2. The topological polar surface area (TPSA) is 144 Å². The zero-order chi connectivity index (χ0) is 34.5. The van der Waals surface area contributed by atoms with E-state index in [2.05, 4.69) is 0 Å². The maximum absolute atomic E-state index is 13.9. The fourth-order valence-electron chi connectivity index (χ4n) is 4.30. The molecule has 1 aliphatic rings. The smallest absolute Gasteiger partial charge is 0.426 e. The van der Waals surface area contributed by atoms with Crippen molar-refractivity contribution in [1.29, 1.82) is 10.5 Å². The van der Waals surface area contributed by atoms with Gasteiger partial charge >= 0.3 is 13.8 Å². The standard InChI is InChI=1S/C34H33N4O6PS3/c1-33(2,3)32(39)43-24-13-15-26-27(21-24)47-29(37-26)30-38-28(34(4,5)48-30)31(44-45(40,41-18-8-16-35)42-19-9-17-36)46-25-14-12-22-10-6-7-11-23(22)20-25/h6-7,10-15,20-21H,8-9,18-19H2,1-5H3/b31-28+. The van der Waals surface area contributed by atoms with Crippen molar-refractivity contribution in [2.75, 3.05) is 13.2 Å². The van der Waals surface area contributed by atoms with Crippen molar-refractivity contribution in [3.63, 3.8) is 0 Å². The zero-order valence-corrected chi connectivity index (χ0v) is 30.4. The predicted molar refractivity (Wildman–Crippen MR) is 191 cm³/mol. The van der Waals surface area contributed by atoms with E-state index in [1.807, 2.05) is 68.5 Å². The highest BCUT2D eigenvalue weighted by Gasteiger charge is 2.41. The lowest BCUT2D eigenvalue weighted by atomic mass is 9.97. The molecule has 1 aromatic heterocycles. The number of thioether (sulfide) groups is 2. The molecule has 3 aromatic carbocycles. The van der Waals surface area contributed by atoms with E-state index in [4.69, 9.17) is 38.8 Å². The summed E-state index contributed by atoms with van der Waals surface area (Å²) in [5.41, 5.74) is 0.577. The van der Waals surface area contributed by atoms with Crippen LogP contribution < -0.4 is 4.74 Å². The number of phosphoric acid groups is 1. The largest absolute Gasteiger partial charge is 0.530 e. The van der Waals surface area contributed by atoms with Crippen molar-refractivity contribution < 1.29 is 27.7 Å². The lowest BCUT2D eigenvalue weighted by molar-refractivity contribution is -0.142. The summed E-state index contributed by atoms with van der Waals surface area (Å²) in [5.74, 6) is 0.103. The number of aliphatic imine (C=N–C) groups is 1. The molecule has 5 rings (SSSR count). The Balaban J connectivity index is 1.55. The fourth-order valence-corrected chi connectivity index (χ4v) is 8.94. The van der Waals surface area contributed by atoms with Gasteiger partial charge in [-0.1, -0.05) is 53.9 Å². The van der Waals surface area contributed by atoms with Crippen LogP contribution in [0.2, 0.25) is 0 Å².